The van der Waals surface area contributed by atoms with Gasteiger partial charge in [0.2, 0.25) is 0 Å². The molecule has 4 heteroatoms. The fraction of sp³-hybridized carbons (Fsp3) is 0.0769. The second-order valence-corrected chi connectivity index (χ2v) is 3.65. The molecule has 4 nitrogen and oxygen atoms in total. The number of anilines is 1. The van der Waals surface area contributed by atoms with E-state index < -0.39 is 0 Å². The fourth-order valence-corrected chi connectivity index (χ4v) is 1.53. The van der Waals surface area contributed by atoms with E-state index in [1.165, 1.54) is 0 Å². The van der Waals surface area contributed by atoms with Crippen molar-refractivity contribution in [2.45, 2.75) is 6.61 Å². The van der Waals surface area contributed by atoms with Crippen LogP contribution in [0.2, 0.25) is 0 Å². The Labute approximate surface area is 100 Å². The normalized spacial score (nSPS) is 10.0. The molecule has 0 atom stereocenters. The van der Waals surface area contributed by atoms with E-state index >= 15 is 0 Å². The van der Waals surface area contributed by atoms with E-state index in [0.717, 1.165) is 10.7 Å². The summed E-state index contributed by atoms with van der Waals surface area (Å²) in [5.74, 6) is 11.7. The highest BCUT2D eigenvalue weighted by molar-refractivity contribution is 5.56. The molecule has 0 aliphatic carbocycles. The number of nitrogens with zero attached hydrogens (tertiary/aromatic N) is 1. The van der Waals surface area contributed by atoms with E-state index in [1.54, 1.807) is 6.07 Å². The third kappa shape index (κ3) is 2.96. The van der Waals surface area contributed by atoms with E-state index in [9.17, 15) is 0 Å². The van der Waals surface area contributed by atoms with Crippen molar-refractivity contribution in [1.29, 1.82) is 0 Å². The Morgan fingerprint density at radius 1 is 0.882 bits per heavy atom. The molecule has 0 aliphatic heterocycles. The molecule has 2 aromatic rings. The molecule has 0 radical (unpaired) electrons. The average molecular weight is 229 g/mol. The lowest BCUT2D eigenvalue weighted by Gasteiger charge is -2.16. The molecule has 0 saturated carbocycles. The summed E-state index contributed by atoms with van der Waals surface area (Å²) < 4.78 is 5.68. The van der Waals surface area contributed by atoms with Crippen molar-refractivity contribution in [2.24, 2.45) is 11.7 Å². The smallest absolute Gasteiger partial charge is 0.146 e. The van der Waals surface area contributed by atoms with Gasteiger partial charge in [-0.1, -0.05) is 42.5 Å². The number of para-hydroxylation sites is 2. The van der Waals surface area contributed by atoms with Gasteiger partial charge in [0.15, 0.2) is 0 Å². The summed E-state index contributed by atoms with van der Waals surface area (Å²) in [6.07, 6.45) is 0. The van der Waals surface area contributed by atoms with Gasteiger partial charge in [-0.15, -0.1) is 0 Å². The summed E-state index contributed by atoms with van der Waals surface area (Å²) in [6, 6.07) is 17.3. The van der Waals surface area contributed by atoms with Gasteiger partial charge < -0.3 is 4.74 Å². The van der Waals surface area contributed by atoms with Gasteiger partial charge in [-0.2, -0.15) is 0 Å². The molecule has 88 valence electrons. The molecule has 0 aliphatic rings. The third-order valence-corrected chi connectivity index (χ3v) is 2.38. The van der Waals surface area contributed by atoms with E-state index in [0.29, 0.717) is 18.0 Å². The van der Waals surface area contributed by atoms with Gasteiger partial charge >= 0.3 is 0 Å². The van der Waals surface area contributed by atoms with Crippen LogP contribution >= 0.6 is 0 Å². The first-order valence-corrected chi connectivity index (χ1v) is 5.32. The summed E-state index contributed by atoms with van der Waals surface area (Å²) in [6.45, 7) is 0.492. The largest absolute Gasteiger partial charge is 0.487 e. The number of hydrazine groups is 2. The quantitative estimate of drug-likeness (QED) is 0.620. The first kappa shape index (κ1) is 11.4. The Balaban J connectivity index is 2.09. The highest BCUT2D eigenvalue weighted by atomic mass is 16.5. The monoisotopic (exact) mass is 229 g/mol. The minimum Gasteiger partial charge on any atom is -0.487 e. The number of nitrogens with two attached hydrogens (primary N) is 2. The molecule has 0 spiro atoms. The molecule has 0 amide bonds. The lowest BCUT2D eigenvalue weighted by molar-refractivity contribution is 0.306. The minimum absolute atomic E-state index is 0.492. The van der Waals surface area contributed by atoms with Crippen LogP contribution < -0.4 is 21.5 Å². The van der Waals surface area contributed by atoms with Crippen LogP contribution in [-0.2, 0) is 6.61 Å². The van der Waals surface area contributed by atoms with E-state index in [1.807, 2.05) is 48.5 Å². The number of rotatable bonds is 4. The van der Waals surface area contributed by atoms with Crippen molar-refractivity contribution in [2.75, 3.05) is 5.12 Å². The predicted octanol–water partition coefficient (Wildman–Crippen LogP) is 1.82. The Bertz CT molecular complexity index is 471. The lowest BCUT2D eigenvalue weighted by Crippen LogP contribution is -2.38. The molecule has 2 aromatic carbocycles. The zero-order valence-electron chi connectivity index (χ0n) is 9.41. The van der Waals surface area contributed by atoms with Crippen molar-refractivity contribution >= 4 is 5.69 Å². The van der Waals surface area contributed by atoms with Gasteiger partial charge in [-0.25, -0.2) is 16.8 Å². The van der Waals surface area contributed by atoms with Crippen molar-refractivity contribution in [3.05, 3.63) is 60.2 Å². The maximum atomic E-state index is 5.68. The zero-order valence-corrected chi connectivity index (χ0v) is 9.41. The van der Waals surface area contributed by atoms with Crippen molar-refractivity contribution in [3.63, 3.8) is 0 Å². The van der Waals surface area contributed by atoms with Gasteiger partial charge in [-0.3, -0.25) is 0 Å². The van der Waals surface area contributed by atoms with E-state index in [2.05, 4.69) is 0 Å². The lowest BCUT2D eigenvalue weighted by atomic mass is 10.2. The molecule has 0 bridgehead atoms. The van der Waals surface area contributed by atoms with E-state index in [-0.39, 0.29) is 0 Å². The SMILES string of the molecule is NN(N)c1ccccc1OCc1ccccc1. The Morgan fingerprint density at radius 3 is 2.24 bits per heavy atom. The summed E-state index contributed by atoms with van der Waals surface area (Å²) in [5, 5.41) is 1.06. The summed E-state index contributed by atoms with van der Waals surface area (Å²) >= 11 is 0. The first-order valence-electron chi connectivity index (χ1n) is 5.32. The molecule has 0 heterocycles. The van der Waals surface area contributed by atoms with Crippen molar-refractivity contribution < 1.29 is 4.74 Å². The minimum atomic E-state index is 0.492. The second kappa shape index (κ2) is 5.34. The van der Waals surface area contributed by atoms with Gasteiger partial charge in [0.1, 0.15) is 18.0 Å². The van der Waals surface area contributed by atoms with Crippen LogP contribution in [0.3, 0.4) is 0 Å². The standard InChI is InChI=1S/C13H15N3O/c14-16(15)12-8-4-5-9-13(12)17-10-11-6-2-1-3-7-11/h1-9H,10,14-15H2. The Kier molecular flexibility index (Phi) is 3.59. The molecular weight excluding hydrogens is 214 g/mol. The van der Waals surface area contributed by atoms with Gasteiger partial charge in [-0.05, 0) is 17.7 Å². The number of hydrogen-bond acceptors (Lipinski definition) is 4. The second-order valence-electron chi connectivity index (χ2n) is 3.65. The summed E-state index contributed by atoms with van der Waals surface area (Å²) in [4.78, 5) is 0. The van der Waals surface area contributed by atoms with Crippen LogP contribution in [0, 0.1) is 0 Å². The van der Waals surface area contributed by atoms with Crippen LogP contribution in [0.15, 0.2) is 54.6 Å². The number of benzene rings is 2. The number of hydrogen-bond donors (Lipinski definition) is 2. The highest BCUT2D eigenvalue weighted by Crippen LogP contribution is 2.25. The van der Waals surface area contributed by atoms with Crippen LogP contribution in [0.25, 0.3) is 0 Å². The van der Waals surface area contributed by atoms with Gasteiger partial charge in [0.25, 0.3) is 0 Å². The third-order valence-electron chi connectivity index (χ3n) is 2.38. The fourth-order valence-electron chi connectivity index (χ4n) is 1.53. The predicted molar refractivity (Wildman–Crippen MR) is 68.1 cm³/mol. The maximum Gasteiger partial charge on any atom is 0.146 e. The van der Waals surface area contributed by atoms with Crippen LogP contribution in [-0.4, -0.2) is 0 Å². The molecular formula is C13H15N3O. The Morgan fingerprint density at radius 2 is 1.53 bits per heavy atom. The topological polar surface area (TPSA) is 64.5 Å². The number of ether oxygens (including phenoxy) is 1. The summed E-state index contributed by atoms with van der Waals surface area (Å²) in [5.41, 5.74) is 1.76. The molecule has 4 N–H and O–H groups in total. The van der Waals surface area contributed by atoms with Crippen molar-refractivity contribution in [1.82, 2.24) is 0 Å². The van der Waals surface area contributed by atoms with Gasteiger partial charge in [0, 0.05) is 0 Å². The average Bonchev–Trinajstić information content (AvgIpc) is 2.38. The Hall–Kier alpha value is -2.04. The molecule has 0 saturated heterocycles. The molecule has 0 aromatic heterocycles. The molecule has 17 heavy (non-hydrogen) atoms. The maximum absolute atomic E-state index is 5.68. The molecule has 0 fully saturated rings. The summed E-state index contributed by atoms with van der Waals surface area (Å²) in [7, 11) is 0. The van der Waals surface area contributed by atoms with Crippen molar-refractivity contribution in [3.8, 4) is 5.75 Å². The zero-order chi connectivity index (χ0) is 12.1. The van der Waals surface area contributed by atoms with Crippen LogP contribution in [0.1, 0.15) is 5.56 Å². The van der Waals surface area contributed by atoms with Crippen LogP contribution in [0.5, 0.6) is 5.75 Å². The van der Waals surface area contributed by atoms with Crippen LogP contribution in [0.4, 0.5) is 5.69 Å². The van der Waals surface area contributed by atoms with E-state index in [4.69, 9.17) is 16.4 Å². The highest BCUT2D eigenvalue weighted by Gasteiger charge is 2.05. The van der Waals surface area contributed by atoms with Gasteiger partial charge in [0.05, 0.1) is 0 Å². The molecule has 0 unspecified atom stereocenters. The first-order chi connectivity index (χ1) is 8.27. The molecule has 2 rings (SSSR count).